The quantitative estimate of drug-likeness (QED) is 0.764. The van der Waals surface area contributed by atoms with Crippen LogP contribution in [-0.2, 0) is 15.5 Å². The van der Waals surface area contributed by atoms with Crippen molar-refractivity contribution in [3.05, 3.63) is 24.5 Å². The van der Waals surface area contributed by atoms with Gasteiger partial charge in [0.15, 0.2) is 11.5 Å². The van der Waals surface area contributed by atoms with E-state index in [4.69, 9.17) is 9.72 Å². The van der Waals surface area contributed by atoms with Crippen LogP contribution in [0.25, 0.3) is 16.9 Å². The summed E-state index contributed by atoms with van der Waals surface area (Å²) in [4.78, 5) is 7.72. The third kappa shape index (κ3) is 2.49. The van der Waals surface area contributed by atoms with Crippen LogP contribution in [0.2, 0.25) is 0 Å². The van der Waals surface area contributed by atoms with Gasteiger partial charge in [-0.2, -0.15) is 14.9 Å². The fourth-order valence-corrected chi connectivity index (χ4v) is 3.68. The molecule has 24 heavy (non-hydrogen) atoms. The van der Waals surface area contributed by atoms with Gasteiger partial charge in [0.05, 0.1) is 52.7 Å². The molecule has 0 amide bonds. The highest BCUT2D eigenvalue weighted by molar-refractivity contribution is 7.84. The van der Waals surface area contributed by atoms with Crippen molar-refractivity contribution >= 4 is 27.7 Å². The summed E-state index contributed by atoms with van der Waals surface area (Å²) in [6, 6.07) is 3.94. The van der Waals surface area contributed by atoms with Crippen molar-refractivity contribution in [3.63, 3.8) is 0 Å². The van der Waals surface area contributed by atoms with Gasteiger partial charge in [0.2, 0.25) is 0 Å². The van der Waals surface area contributed by atoms with Crippen molar-refractivity contribution in [3.8, 4) is 5.82 Å². The van der Waals surface area contributed by atoms with Crippen molar-refractivity contribution in [1.82, 2.24) is 25.0 Å². The number of nitrogens with one attached hydrogen (secondary N) is 1. The maximum absolute atomic E-state index is 12.3. The maximum atomic E-state index is 12.3. The van der Waals surface area contributed by atoms with E-state index in [1.807, 2.05) is 12.1 Å². The predicted molar refractivity (Wildman–Crippen MR) is 91.0 cm³/mol. The Kier molecular flexibility index (Phi) is 3.81. The number of aromatic amines is 1. The van der Waals surface area contributed by atoms with E-state index in [1.54, 1.807) is 23.3 Å². The zero-order valence-corrected chi connectivity index (χ0v) is 14.3. The highest BCUT2D eigenvalue weighted by Crippen LogP contribution is 2.28. The van der Waals surface area contributed by atoms with Crippen molar-refractivity contribution < 1.29 is 8.95 Å². The summed E-state index contributed by atoms with van der Waals surface area (Å²) in [5.74, 6) is 1.52. The number of pyridine rings is 1. The predicted octanol–water partition coefficient (Wildman–Crippen LogP) is 1.11. The lowest BCUT2D eigenvalue weighted by molar-refractivity contribution is 0.0985. The molecule has 3 aromatic rings. The fourth-order valence-electron chi connectivity index (χ4n) is 2.95. The minimum atomic E-state index is -1.14. The number of morpholine rings is 1. The summed E-state index contributed by atoms with van der Waals surface area (Å²) in [5.41, 5.74) is 0.667. The topological polar surface area (TPSA) is 88.9 Å². The zero-order chi connectivity index (χ0) is 16.7. The SMILES string of the molecule is C[C@@H]1COCCN1c1cc(S(C)=O)c2cnn(-c3ccn[nH]3)c2n1. The minimum Gasteiger partial charge on any atom is -0.377 e. The Morgan fingerprint density at radius 2 is 2.33 bits per heavy atom. The van der Waals surface area contributed by atoms with Crippen molar-refractivity contribution in [1.29, 1.82) is 0 Å². The number of aromatic nitrogens is 5. The van der Waals surface area contributed by atoms with Gasteiger partial charge in [0.1, 0.15) is 5.82 Å². The Hall–Kier alpha value is -2.26. The van der Waals surface area contributed by atoms with Crippen LogP contribution in [0.1, 0.15) is 6.92 Å². The second-order valence-corrected chi connectivity index (χ2v) is 7.13. The number of hydrogen-bond donors (Lipinski definition) is 1. The molecule has 0 bridgehead atoms. The van der Waals surface area contributed by atoms with Gasteiger partial charge in [0.25, 0.3) is 0 Å². The number of H-pyrrole nitrogens is 1. The lowest BCUT2D eigenvalue weighted by Crippen LogP contribution is -2.44. The summed E-state index contributed by atoms with van der Waals surface area (Å²) in [7, 11) is -1.14. The number of fused-ring (bicyclic) bond motifs is 1. The third-order valence-corrected chi connectivity index (χ3v) is 5.13. The van der Waals surface area contributed by atoms with E-state index in [0.717, 1.165) is 28.5 Å². The largest absolute Gasteiger partial charge is 0.377 e. The van der Waals surface area contributed by atoms with Crippen LogP contribution >= 0.6 is 0 Å². The molecule has 4 heterocycles. The Balaban J connectivity index is 1.92. The van der Waals surface area contributed by atoms with E-state index < -0.39 is 10.8 Å². The zero-order valence-electron chi connectivity index (χ0n) is 13.5. The van der Waals surface area contributed by atoms with Gasteiger partial charge in [-0.15, -0.1) is 0 Å². The van der Waals surface area contributed by atoms with Crippen molar-refractivity contribution in [2.75, 3.05) is 30.9 Å². The van der Waals surface area contributed by atoms with E-state index in [-0.39, 0.29) is 6.04 Å². The van der Waals surface area contributed by atoms with E-state index in [2.05, 4.69) is 27.1 Å². The van der Waals surface area contributed by atoms with Gasteiger partial charge in [-0.25, -0.2) is 4.98 Å². The van der Waals surface area contributed by atoms with Gasteiger partial charge < -0.3 is 9.64 Å². The molecule has 1 N–H and O–H groups in total. The Bertz CT molecular complexity index is 891. The average molecular weight is 346 g/mol. The molecule has 2 atom stereocenters. The lowest BCUT2D eigenvalue weighted by Gasteiger charge is -2.34. The first-order valence-corrected chi connectivity index (χ1v) is 9.27. The lowest BCUT2D eigenvalue weighted by atomic mass is 10.2. The molecule has 0 aliphatic carbocycles. The molecule has 1 aliphatic rings. The second kappa shape index (κ2) is 5.99. The minimum absolute atomic E-state index is 0.213. The van der Waals surface area contributed by atoms with E-state index >= 15 is 0 Å². The smallest absolute Gasteiger partial charge is 0.168 e. The van der Waals surface area contributed by atoms with Crippen LogP contribution in [0.4, 0.5) is 5.82 Å². The highest BCUT2D eigenvalue weighted by Gasteiger charge is 2.23. The van der Waals surface area contributed by atoms with Gasteiger partial charge >= 0.3 is 0 Å². The standard InChI is InChI=1S/C15H18N6O2S/c1-10-9-23-6-5-20(10)14-7-12(24(2)22)11-8-17-21(15(11)18-14)13-3-4-16-19-13/h3-4,7-8,10H,5-6,9H2,1-2H3,(H,16,19)/t10-,24?/m1/s1. The Labute approximate surface area is 141 Å². The van der Waals surface area contributed by atoms with Gasteiger partial charge in [-0.05, 0) is 13.0 Å². The maximum Gasteiger partial charge on any atom is 0.168 e. The summed E-state index contributed by atoms with van der Waals surface area (Å²) in [6.45, 7) is 4.17. The summed E-state index contributed by atoms with van der Waals surface area (Å²) in [5, 5.41) is 12.0. The van der Waals surface area contributed by atoms with Gasteiger partial charge in [0, 0.05) is 18.9 Å². The molecule has 4 rings (SSSR count). The molecule has 126 valence electrons. The first-order chi connectivity index (χ1) is 11.6. The number of rotatable bonds is 3. The molecule has 3 aromatic heterocycles. The number of nitrogens with zero attached hydrogens (tertiary/aromatic N) is 5. The van der Waals surface area contributed by atoms with E-state index in [1.165, 1.54) is 0 Å². The molecule has 0 aromatic carbocycles. The fraction of sp³-hybridized carbons (Fsp3) is 0.400. The normalized spacial score (nSPS) is 19.8. The van der Waals surface area contributed by atoms with Gasteiger partial charge in [-0.1, -0.05) is 0 Å². The molecular formula is C15H18N6O2S. The number of anilines is 1. The summed E-state index contributed by atoms with van der Waals surface area (Å²) >= 11 is 0. The van der Waals surface area contributed by atoms with Gasteiger partial charge in [-0.3, -0.25) is 9.31 Å². The first kappa shape index (κ1) is 15.3. The second-order valence-electron chi connectivity index (χ2n) is 5.79. The Morgan fingerprint density at radius 3 is 3.04 bits per heavy atom. The molecule has 1 unspecified atom stereocenters. The summed E-state index contributed by atoms with van der Waals surface area (Å²) in [6.07, 6.45) is 5.04. The van der Waals surface area contributed by atoms with Crippen molar-refractivity contribution in [2.45, 2.75) is 17.9 Å². The number of hydrogen-bond acceptors (Lipinski definition) is 6. The molecule has 0 saturated carbocycles. The molecule has 1 fully saturated rings. The Morgan fingerprint density at radius 1 is 1.46 bits per heavy atom. The molecule has 0 spiro atoms. The van der Waals surface area contributed by atoms with E-state index in [0.29, 0.717) is 18.9 Å². The third-order valence-electron chi connectivity index (χ3n) is 4.18. The first-order valence-electron chi connectivity index (χ1n) is 7.71. The van der Waals surface area contributed by atoms with Crippen LogP contribution in [0.5, 0.6) is 0 Å². The molecule has 9 heteroatoms. The average Bonchev–Trinajstić information content (AvgIpc) is 3.23. The van der Waals surface area contributed by atoms with Crippen LogP contribution in [-0.4, -0.2) is 61.2 Å². The van der Waals surface area contributed by atoms with Crippen LogP contribution in [0, 0.1) is 0 Å². The molecule has 8 nitrogen and oxygen atoms in total. The molecule has 1 aliphatic heterocycles. The highest BCUT2D eigenvalue weighted by atomic mass is 32.2. The molecule has 0 radical (unpaired) electrons. The summed E-state index contributed by atoms with van der Waals surface area (Å²) < 4.78 is 19.4. The van der Waals surface area contributed by atoms with Crippen LogP contribution in [0.15, 0.2) is 29.4 Å². The molecule has 1 saturated heterocycles. The monoisotopic (exact) mass is 346 g/mol. The van der Waals surface area contributed by atoms with E-state index in [9.17, 15) is 4.21 Å². The van der Waals surface area contributed by atoms with Crippen molar-refractivity contribution in [2.24, 2.45) is 0 Å². The number of ether oxygens (including phenoxy) is 1. The molecular weight excluding hydrogens is 328 g/mol. The van der Waals surface area contributed by atoms with Crippen LogP contribution in [0.3, 0.4) is 0 Å². The van der Waals surface area contributed by atoms with Crippen LogP contribution < -0.4 is 4.90 Å².